The van der Waals surface area contributed by atoms with Crippen LogP contribution >= 0.6 is 0 Å². The fourth-order valence-corrected chi connectivity index (χ4v) is 3.00. The van der Waals surface area contributed by atoms with Gasteiger partial charge < -0.3 is 9.73 Å². The molecule has 7 heteroatoms. The SMILES string of the molecule is O=C1C[C@H](c2ccc(F)cc2F)c2cnn(Cc3ccco3)c2N1. The minimum absolute atomic E-state index is 0.0853. The van der Waals surface area contributed by atoms with Gasteiger partial charge >= 0.3 is 0 Å². The van der Waals surface area contributed by atoms with Crippen LogP contribution in [-0.2, 0) is 11.3 Å². The Balaban J connectivity index is 1.75. The predicted octanol–water partition coefficient (Wildman–Crippen LogP) is 3.28. The Morgan fingerprint density at radius 1 is 1.29 bits per heavy atom. The molecule has 1 amide bonds. The zero-order chi connectivity index (χ0) is 16.7. The molecule has 0 radical (unpaired) electrons. The molecule has 4 rings (SSSR count). The van der Waals surface area contributed by atoms with Crippen LogP contribution in [0.3, 0.4) is 0 Å². The van der Waals surface area contributed by atoms with E-state index in [1.165, 1.54) is 12.1 Å². The first-order valence-electron chi connectivity index (χ1n) is 7.44. The highest BCUT2D eigenvalue weighted by Crippen LogP contribution is 2.38. The zero-order valence-electron chi connectivity index (χ0n) is 12.5. The lowest BCUT2D eigenvalue weighted by molar-refractivity contribution is -0.116. The van der Waals surface area contributed by atoms with Gasteiger partial charge in [0.2, 0.25) is 5.91 Å². The molecule has 3 heterocycles. The number of hydrogen-bond acceptors (Lipinski definition) is 3. The summed E-state index contributed by atoms with van der Waals surface area (Å²) in [5, 5.41) is 7.05. The molecule has 122 valence electrons. The van der Waals surface area contributed by atoms with Crippen molar-refractivity contribution >= 4 is 11.7 Å². The summed E-state index contributed by atoms with van der Waals surface area (Å²) in [4.78, 5) is 12.1. The second-order valence-electron chi connectivity index (χ2n) is 5.66. The van der Waals surface area contributed by atoms with Crippen molar-refractivity contribution < 1.29 is 18.0 Å². The molecule has 1 aliphatic rings. The topological polar surface area (TPSA) is 60.1 Å². The Kier molecular flexibility index (Phi) is 3.41. The molecule has 24 heavy (non-hydrogen) atoms. The predicted molar refractivity (Wildman–Crippen MR) is 81.5 cm³/mol. The van der Waals surface area contributed by atoms with Crippen molar-refractivity contribution in [1.82, 2.24) is 9.78 Å². The molecule has 3 aromatic rings. The number of fused-ring (bicyclic) bond motifs is 1. The van der Waals surface area contributed by atoms with Gasteiger partial charge in [-0.3, -0.25) is 4.79 Å². The highest BCUT2D eigenvalue weighted by Gasteiger charge is 2.31. The van der Waals surface area contributed by atoms with Crippen LogP contribution in [0.4, 0.5) is 14.6 Å². The molecule has 0 saturated heterocycles. The van der Waals surface area contributed by atoms with Crippen molar-refractivity contribution in [2.45, 2.75) is 18.9 Å². The van der Waals surface area contributed by atoms with E-state index in [-0.39, 0.29) is 17.9 Å². The quantitative estimate of drug-likeness (QED) is 0.802. The lowest BCUT2D eigenvalue weighted by Crippen LogP contribution is -2.25. The molecule has 0 unspecified atom stereocenters. The lowest BCUT2D eigenvalue weighted by atomic mass is 9.87. The molecule has 0 saturated carbocycles. The number of anilines is 1. The first-order chi connectivity index (χ1) is 11.6. The van der Waals surface area contributed by atoms with Gasteiger partial charge in [-0.25, -0.2) is 13.5 Å². The number of rotatable bonds is 3. The summed E-state index contributed by atoms with van der Waals surface area (Å²) < 4.78 is 34.2. The number of nitrogens with zero attached hydrogens (tertiary/aromatic N) is 2. The van der Waals surface area contributed by atoms with Gasteiger partial charge in [-0.15, -0.1) is 0 Å². The normalized spacial score (nSPS) is 16.8. The maximum atomic E-state index is 14.2. The molecular weight excluding hydrogens is 316 g/mol. The highest BCUT2D eigenvalue weighted by atomic mass is 19.1. The van der Waals surface area contributed by atoms with Gasteiger partial charge in [0.25, 0.3) is 0 Å². The van der Waals surface area contributed by atoms with E-state index in [9.17, 15) is 13.6 Å². The van der Waals surface area contributed by atoms with Crippen molar-refractivity contribution in [2.75, 3.05) is 5.32 Å². The number of hydrogen-bond donors (Lipinski definition) is 1. The monoisotopic (exact) mass is 329 g/mol. The van der Waals surface area contributed by atoms with E-state index in [0.717, 1.165) is 6.07 Å². The fraction of sp³-hybridized carbons (Fsp3) is 0.176. The molecule has 1 aliphatic heterocycles. The van der Waals surface area contributed by atoms with E-state index < -0.39 is 17.6 Å². The van der Waals surface area contributed by atoms with Gasteiger partial charge in [0.15, 0.2) is 0 Å². The molecule has 1 aromatic carbocycles. The average molecular weight is 329 g/mol. The molecule has 0 bridgehead atoms. The standard InChI is InChI=1S/C17H13F2N3O2/c18-10-3-4-12(15(19)6-10)13-7-16(23)21-17-14(13)8-20-22(17)9-11-2-1-5-24-11/h1-6,8,13H,7,9H2,(H,21,23)/t13-/m1/s1. The van der Waals surface area contributed by atoms with Crippen molar-refractivity contribution in [3.8, 4) is 0 Å². The molecular formula is C17H13F2N3O2. The Hall–Kier alpha value is -2.96. The summed E-state index contributed by atoms with van der Waals surface area (Å²) in [6, 6.07) is 6.96. The van der Waals surface area contributed by atoms with Crippen molar-refractivity contribution in [1.29, 1.82) is 0 Å². The van der Waals surface area contributed by atoms with E-state index in [1.54, 1.807) is 29.3 Å². The van der Waals surface area contributed by atoms with Gasteiger partial charge in [-0.2, -0.15) is 5.10 Å². The molecule has 2 aromatic heterocycles. The number of benzene rings is 1. The van der Waals surface area contributed by atoms with Gasteiger partial charge in [0, 0.05) is 24.0 Å². The molecule has 5 nitrogen and oxygen atoms in total. The Bertz CT molecular complexity index is 903. The van der Waals surface area contributed by atoms with Crippen LogP contribution in [0, 0.1) is 11.6 Å². The first kappa shape index (κ1) is 14.6. The number of nitrogens with one attached hydrogen (secondary N) is 1. The van der Waals surface area contributed by atoms with Crippen molar-refractivity contribution in [2.24, 2.45) is 0 Å². The second kappa shape index (κ2) is 5.59. The minimum atomic E-state index is -0.667. The summed E-state index contributed by atoms with van der Waals surface area (Å²) >= 11 is 0. The Morgan fingerprint density at radius 2 is 2.17 bits per heavy atom. The second-order valence-corrected chi connectivity index (χ2v) is 5.66. The summed E-state index contributed by atoms with van der Waals surface area (Å²) in [6.45, 7) is 0.348. The van der Waals surface area contributed by atoms with E-state index in [2.05, 4.69) is 10.4 Å². The van der Waals surface area contributed by atoms with Crippen LogP contribution in [0.2, 0.25) is 0 Å². The van der Waals surface area contributed by atoms with Gasteiger partial charge in [-0.05, 0) is 23.8 Å². The summed E-state index contributed by atoms with van der Waals surface area (Å²) in [6.07, 6.45) is 3.24. The van der Waals surface area contributed by atoms with Crippen LogP contribution < -0.4 is 5.32 Å². The van der Waals surface area contributed by atoms with Crippen LogP contribution in [0.5, 0.6) is 0 Å². The number of carbonyl (C=O) groups is 1. The summed E-state index contributed by atoms with van der Waals surface area (Å²) in [5.41, 5.74) is 0.983. The number of carbonyl (C=O) groups excluding carboxylic acids is 1. The third-order valence-electron chi connectivity index (χ3n) is 4.11. The summed E-state index contributed by atoms with van der Waals surface area (Å²) in [7, 11) is 0. The van der Waals surface area contributed by atoms with E-state index in [0.29, 0.717) is 23.7 Å². The van der Waals surface area contributed by atoms with E-state index >= 15 is 0 Å². The third kappa shape index (κ3) is 2.47. The van der Waals surface area contributed by atoms with E-state index in [1.807, 2.05) is 0 Å². The smallest absolute Gasteiger partial charge is 0.226 e. The van der Waals surface area contributed by atoms with Crippen LogP contribution in [0.25, 0.3) is 0 Å². The fourth-order valence-electron chi connectivity index (χ4n) is 3.00. The lowest BCUT2D eigenvalue weighted by Gasteiger charge is -2.24. The number of amides is 1. The third-order valence-corrected chi connectivity index (χ3v) is 4.11. The summed E-state index contributed by atoms with van der Waals surface area (Å²) in [5.74, 6) is -0.858. The van der Waals surface area contributed by atoms with Crippen LogP contribution in [0.1, 0.15) is 29.2 Å². The van der Waals surface area contributed by atoms with Gasteiger partial charge in [-0.1, -0.05) is 6.07 Å². The number of aromatic nitrogens is 2. The Morgan fingerprint density at radius 3 is 2.92 bits per heavy atom. The van der Waals surface area contributed by atoms with Gasteiger partial charge in [0.1, 0.15) is 29.8 Å². The van der Waals surface area contributed by atoms with Gasteiger partial charge in [0.05, 0.1) is 12.5 Å². The van der Waals surface area contributed by atoms with Crippen molar-refractivity contribution in [3.05, 3.63) is 71.3 Å². The highest BCUT2D eigenvalue weighted by molar-refractivity contribution is 5.94. The van der Waals surface area contributed by atoms with Crippen LogP contribution in [-0.4, -0.2) is 15.7 Å². The van der Waals surface area contributed by atoms with Crippen molar-refractivity contribution in [3.63, 3.8) is 0 Å². The number of furan rings is 1. The van der Waals surface area contributed by atoms with Crippen LogP contribution in [0.15, 0.2) is 47.2 Å². The van der Waals surface area contributed by atoms with E-state index in [4.69, 9.17) is 4.42 Å². The first-order valence-corrected chi connectivity index (χ1v) is 7.44. The average Bonchev–Trinajstić information content (AvgIpc) is 3.18. The maximum Gasteiger partial charge on any atom is 0.226 e. The molecule has 0 spiro atoms. The molecule has 0 fully saturated rings. The Labute approximate surface area is 135 Å². The molecule has 1 atom stereocenters. The zero-order valence-corrected chi connectivity index (χ0v) is 12.5. The molecule has 1 N–H and O–H groups in total. The largest absolute Gasteiger partial charge is 0.467 e. The maximum absolute atomic E-state index is 14.2. The minimum Gasteiger partial charge on any atom is -0.467 e. The number of halogens is 2. The molecule has 0 aliphatic carbocycles.